The third-order valence-electron chi connectivity index (χ3n) is 4.75. The number of nitrogens with one attached hydrogen (secondary N) is 2. The maximum atomic E-state index is 4.66. The lowest BCUT2D eigenvalue weighted by Crippen LogP contribution is -2.40. The standard InChI is InChI=1S/C17H28N4S.HI/c1-11(2)15-10-22-16(21-15)9-20-17(18-3)19-8-14(12-4-5-12)13-6-7-13;/h10-14H,4-9H2,1-3H3,(H2,18,19,20);1H. The molecule has 0 aliphatic heterocycles. The van der Waals surface area contributed by atoms with Crippen LogP contribution in [0, 0.1) is 17.8 Å². The van der Waals surface area contributed by atoms with E-state index in [0.717, 1.165) is 41.8 Å². The van der Waals surface area contributed by atoms with Crippen LogP contribution in [0.25, 0.3) is 0 Å². The molecule has 1 aromatic rings. The first-order valence-electron chi connectivity index (χ1n) is 8.56. The molecule has 0 saturated heterocycles. The van der Waals surface area contributed by atoms with Crippen LogP contribution in [0.15, 0.2) is 10.4 Å². The van der Waals surface area contributed by atoms with Gasteiger partial charge in [0, 0.05) is 19.0 Å². The van der Waals surface area contributed by atoms with Gasteiger partial charge < -0.3 is 10.6 Å². The molecule has 2 N–H and O–H groups in total. The number of guanidine groups is 1. The molecule has 1 heterocycles. The van der Waals surface area contributed by atoms with Crippen molar-refractivity contribution < 1.29 is 0 Å². The number of rotatable bonds is 7. The summed E-state index contributed by atoms with van der Waals surface area (Å²) in [7, 11) is 1.85. The quantitative estimate of drug-likeness (QED) is 0.377. The van der Waals surface area contributed by atoms with Gasteiger partial charge in [-0.25, -0.2) is 4.98 Å². The monoisotopic (exact) mass is 448 g/mol. The Bertz CT molecular complexity index is 508. The Balaban J connectivity index is 0.00000192. The minimum atomic E-state index is 0. The van der Waals surface area contributed by atoms with Crippen molar-refractivity contribution in [3.05, 3.63) is 16.1 Å². The Kier molecular flexibility index (Phi) is 7.13. The summed E-state index contributed by atoms with van der Waals surface area (Å²) in [6, 6.07) is 0. The van der Waals surface area contributed by atoms with Gasteiger partial charge in [0.2, 0.25) is 0 Å². The SMILES string of the molecule is CN=C(NCc1nc(C(C)C)cs1)NCC(C1CC1)C1CC1.I. The third-order valence-corrected chi connectivity index (χ3v) is 5.62. The summed E-state index contributed by atoms with van der Waals surface area (Å²) in [4.78, 5) is 9.01. The zero-order valence-electron chi connectivity index (χ0n) is 14.3. The number of hydrogen-bond acceptors (Lipinski definition) is 3. The number of aromatic nitrogens is 1. The summed E-state index contributed by atoms with van der Waals surface area (Å²) >= 11 is 1.73. The molecule has 6 heteroatoms. The summed E-state index contributed by atoms with van der Waals surface area (Å²) in [5, 5.41) is 10.2. The molecule has 4 nitrogen and oxygen atoms in total. The lowest BCUT2D eigenvalue weighted by atomic mass is 9.98. The van der Waals surface area contributed by atoms with Crippen LogP contribution in [-0.2, 0) is 6.54 Å². The Labute approximate surface area is 161 Å². The topological polar surface area (TPSA) is 49.3 Å². The average molecular weight is 448 g/mol. The van der Waals surface area contributed by atoms with Crippen molar-refractivity contribution in [1.29, 1.82) is 0 Å². The molecule has 0 amide bonds. The molecule has 2 saturated carbocycles. The predicted octanol–water partition coefficient (Wildman–Crippen LogP) is 3.99. The Morgan fingerprint density at radius 3 is 2.39 bits per heavy atom. The van der Waals surface area contributed by atoms with Gasteiger partial charge in [0.15, 0.2) is 5.96 Å². The minimum Gasteiger partial charge on any atom is -0.356 e. The third kappa shape index (κ3) is 5.59. The van der Waals surface area contributed by atoms with Crippen LogP contribution in [0.5, 0.6) is 0 Å². The summed E-state index contributed by atoms with van der Waals surface area (Å²) in [5.74, 6) is 4.23. The molecule has 0 unspecified atom stereocenters. The first-order chi connectivity index (χ1) is 10.7. The highest BCUT2D eigenvalue weighted by Gasteiger charge is 2.41. The second kappa shape index (κ2) is 8.65. The molecule has 130 valence electrons. The van der Waals surface area contributed by atoms with Crippen LogP contribution in [0.3, 0.4) is 0 Å². The predicted molar refractivity (Wildman–Crippen MR) is 109 cm³/mol. The van der Waals surface area contributed by atoms with E-state index in [-0.39, 0.29) is 24.0 Å². The highest BCUT2D eigenvalue weighted by Crippen LogP contribution is 2.48. The van der Waals surface area contributed by atoms with Gasteiger partial charge in [-0.15, -0.1) is 35.3 Å². The van der Waals surface area contributed by atoms with Gasteiger partial charge in [-0.1, -0.05) is 13.8 Å². The number of aliphatic imine (C=N–C) groups is 1. The van der Waals surface area contributed by atoms with Crippen LogP contribution in [0.4, 0.5) is 0 Å². The Hall–Kier alpha value is -0.370. The second-order valence-corrected chi connectivity index (χ2v) is 7.91. The fourth-order valence-electron chi connectivity index (χ4n) is 3.03. The highest BCUT2D eigenvalue weighted by atomic mass is 127. The maximum absolute atomic E-state index is 4.66. The lowest BCUT2D eigenvalue weighted by molar-refractivity contribution is 0.400. The van der Waals surface area contributed by atoms with Crippen molar-refractivity contribution in [2.24, 2.45) is 22.7 Å². The molecule has 0 radical (unpaired) electrons. The minimum absolute atomic E-state index is 0. The molecule has 23 heavy (non-hydrogen) atoms. The van der Waals surface area contributed by atoms with Crippen LogP contribution >= 0.6 is 35.3 Å². The molecule has 0 bridgehead atoms. The molecule has 2 aliphatic rings. The Morgan fingerprint density at radius 2 is 1.91 bits per heavy atom. The molecule has 1 aromatic heterocycles. The largest absolute Gasteiger partial charge is 0.356 e. The zero-order valence-corrected chi connectivity index (χ0v) is 17.5. The van der Waals surface area contributed by atoms with Crippen molar-refractivity contribution in [2.75, 3.05) is 13.6 Å². The van der Waals surface area contributed by atoms with Gasteiger partial charge in [0.25, 0.3) is 0 Å². The molecule has 2 fully saturated rings. The van der Waals surface area contributed by atoms with Gasteiger partial charge in [-0.2, -0.15) is 0 Å². The van der Waals surface area contributed by atoms with E-state index in [1.807, 2.05) is 7.05 Å². The van der Waals surface area contributed by atoms with Crippen molar-refractivity contribution in [3.63, 3.8) is 0 Å². The molecular formula is C17H29IN4S. The first kappa shape index (κ1) is 19.0. The van der Waals surface area contributed by atoms with Gasteiger partial charge in [0.05, 0.1) is 12.2 Å². The fourth-order valence-corrected chi connectivity index (χ4v) is 3.93. The number of thiazole rings is 1. The van der Waals surface area contributed by atoms with E-state index >= 15 is 0 Å². The van der Waals surface area contributed by atoms with E-state index in [1.165, 1.54) is 31.4 Å². The lowest BCUT2D eigenvalue weighted by Gasteiger charge is -2.18. The number of nitrogens with zero attached hydrogens (tertiary/aromatic N) is 2. The molecule has 0 spiro atoms. The van der Waals surface area contributed by atoms with E-state index < -0.39 is 0 Å². The van der Waals surface area contributed by atoms with E-state index in [9.17, 15) is 0 Å². The molecule has 0 aromatic carbocycles. The molecule has 2 aliphatic carbocycles. The second-order valence-electron chi connectivity index (χ2n) is 6.97. The molecule has 3 rings (SSSR count). The van der Waals surface area contributed by atoms with E-state index in [1.54, 1.807) is 11.3 Å². The Morgan fingerprint density at radius 1 is 1.26 bits per heavy atom. The van der Waals surface area contributed by atoms with E-state index in [2.05, 4.69) is 39.8 Å². The van der Waals surface area contributed by atoms with Crippen molar-refractivity contribution in [1.82, 2.24) is 15.6 Å². The van der Waals surface area contributed by atoms with Crippen molar-refractivity contribution in [3.8, 4) is 0 Å². The summed E-state index contributed by atoms with van der Waals surface area (Å²) in [6.07, 6.45) is 5.75. The van der Waals surface area contributed by atoms with Crippen LogP contribution in [0.1, 0.15) is 56.2 Å². The number of hydrogen-bond donors (Lipinski definition) is 2. The molecular weight excluding hydrogens is 419 g/mol. The van der Waals surface area contributed by atoms with Crippen LogP contribution in [0.2, 0.25) is 0 Å². The van der Waals surface area contributed by atoms with Crippen LogP contribution < -0.4 is 10.6 Å². The fraction of sp³-hybridized carbons (Fsp3) is 0.765. The van der Waals surface area contributed by atoms with Crippen molar-refractivity contribution >= 4 is 41.3 Å². The van der Waals surface area contributed by atoms with Gasteiger partial charge in [-0.3, -0.25) is 4.99 Å². The number of halogens is 1. The van der Waals surface area contributed by atoms with Gasteiger partial charge >= 0.3 is 0 Å². The van der Waals surface area contributed by atoms with E-state index in [0.29, 0.717) is 5.92 Å². The normalized spacial score (nSPS) is 18.2. The highest BCUT2D eigenvalue weighted by molar-refractivity contribution is 14.0. The summed E-state index contributed by atoms with van der Waals surface area (Å²) < 4.78 is 0. The van der Waals surface area contributed by atoms with Crippen LogP contribution in [-0.4, -0.2) is 24.5 Å². The van der Waals surface area contributed by atoms with Gasteiger partial charge in [-0.05, 0) is 49.4 Å². The maximum Gasteiger partial charge on any atom is 0.191 e. The smallest absolute Gasteiger partial charge is 0.191 e. The summed E-state index contributed by atoms with van der Waals surface area (Å²) in [6.45, 7) is 6.20. The van der Waals surface area contributed by atoms with Gasteiger partial charge in [0.1, 0.15) is 5.01 Å². The van der Waals surface area contributed by atoms with Crippen molar-refractivity contribution in [2.45, 2.75) is 52.0 Å². The molecule has 0 atom stereocenters. The average Bonchev–Trinajstić information content (AvgIpc) is 3.43. The first-order valence-corrected chi connectivity index (χ1v) is 9.44. The van der Waals surface area contributed by atoms with E-state index in [4.69, 9.17) is 0 Å². The zero-order chi connectivity index (χ0) is 15.5. The summed E-state index contributed by atoms with van der Waals surface area (Å²) in [5.41, 5.74) is 1.19.